The van der Waals surface area contributed by atoms with Crippen molar-refractivity contribution in [1.29, 1.82) is 0 Å². The van der Waals surface area contributed by atoms with Crippen molar-refractivity contribution < 1.29 is 4.52 Å². The molecule has 0 radical (unpaired) electrons. The molecule has 0 saturated heterocycles. The molecule has 2 aromatic rings. The van der Waals surface area contributed by atoms with E-state index in [1.54, 1.807) is 0 Å². The van der Waals surface area contributed by atoms with Gasteiger partial charge >= 0.3 is 0 Å². The lowest BCUT2D eigenvalue weighted by Crippen LogP contribution is -2.15. The summed E-state index contributed by atoms with van der Waals surface area (Å²) in [7, 11) is 0. The number of halogens is 1. The molecular weight excluding hydrogens is 272 g/mol. The Morgan fingerprint density at radius 2 is 2.10 bits per heavy atom. The third-order valence-electron chi connectivity index (χ3n) is 4.46. The SMILES string of the molecule is CC1(C)CCCC1c1onc(N)c1-c1ccccc1Cl. The zero-order valence-corrected chi connectivity index (χ0v) is 12.6. The van der Waals surface area contributed by atoms with E-state index in [1.807, 2.05) is 24.3 Å². The molecule has 1 aromatic carbocycles. The average Bonchev–Trinajstić information content (AvgIpc) is 2.93. The molecular formula is C16H19ClN2O. The predicted molar refractivity (Wildman–Crippen MR) is 81.7 cm³/mol. The fraction of sp³-hybridized carbons (Fsp3) is 0.438. The molecule has 1 aliphatic rings. The molecule has 1 saturated carbocycles. The van der Waals surface area contributed by atoms with Crippen molar-refractivity contribution in [1.82, 2.24) is 5.16 Å². The lowest BCUT2D eigenvalue weighted by molar-refractivity contribution is 0.269. The Morgan fingerprint density at radius 1 is 1.35 bits per heavy atom. The van der Waals surface area contributed by atoms with Gasteiger partial charge in [0.25, 0.3) is 0 Å². The van der Waals surface area contributed by atoms with Gasteiger partial charge in [-0.15, -0.1) is 0 Å². The molecule has 106 valence electrons. The Kier molecular flexibility index (Phi) is 3.25. The van der Waals surface area contributed by atoms with Crippen LogP contribution in [-0.4, -0.2) is 5.16 Å². The fourth-order valence-corrected chi connectivity index (χ4v) is 3.53. The first-order chi connectivity index (χ1) is 9.50. The van der Waals surface area contributed by atoms with E-state index in [2.05, 4.69) is 19.0 Å². The summed E-state index contributed by atoms with van der Waals surface area (Å²) in [4.78, 5) is 0. The Hall–Kier alpha value is -1.48. The van der Waals surface area contributed by atoms with Crippen molar-refractivity contribution in [2.24, 2.45) is 5.41 Å². The van der Waals surface area contributed by atoms with Gasteiger partial charge in [-0.05, 0) is 24.3 Å². The fourth-order valence-electron chi connectivity index (χ4n) is 3.30. The van der Waals surface area contributed by atoms with Gasteiger partial charge in [0.1, 0.15) is 5.76 Å². The third-order valence-corrected chi connectivity index (χ3v) is 4.79. The van der Waals surface area contributed by atoms with Gasteiger partial charge < -0.3 is 10.3 Å². The molecule has 1 atom stereocenters. The molecule has 1 aromatic heterocycles. The van der Waals surface area contributed by atoms with Crippen molar-refractivity contribution in [2.75, 3.05) is 5.73 Å². The number of nitrogens with zero attached hydrogens (tertiary/aromatic N) is 1. The summed E-state index contributed by atoms with van der Waals surface area (Å²) in [5.41, 5.74) is 8.02. The highest BCUT2D eigenvalue weighted by molar-refractivity contribution is 6.33. The van der Waals surface area contributed by atoms with Gasteiger partial charge in [0.05, 0.1) is 5.56 Å². The molecule has 3 rings (SSSR count). The predicted octanol–water partition coefficient (Wildman–Crippen LogP) is 4.87. The average molecular weight is 291 g/mol. The molecule has 0 spiro atoms. The summed E-state index contributed by atoms with van der Waals surface area (Å²) in [5, 5.41) is 4.67. The first kappa shape index (κ1) is 13.5. The van der Waals surface area contributed by atoms with Gasteiger partial charge in [0.2, 0.25) is 0 Å². The Morgan fingerprint density at radius 3 is 2.75 bits per heavy atom. The van der Waals surface area contributed by atoms with Crippen LogP contribution in [0, 0.1) is 5.41 Å². The second-order valence-corrected chi connectivity index (χ2v) is 6.63. The normalized spacial score (nSPS) is 21.2. The van der Waals surface area contributed by atoms with Crippen LogP contribution in [-0.2, 0) is 0 Å². The number of hydrogen-bond acceptors (Lipinski definition) is 3. The van der Waals surface area contributed by atoms with Crippen molar-refractivity contribution in [3.8, 4) is 11.1 Å². The van der Waals surface area contributed by atoms with Crippen molar-refractivity contribution in [2.45, 2.75) is 39.0 Å². The van der Waals surface area contributed by atoms with Crippen LogP contribution in [0.15, 0.2) is 28.8 Å². The monoisotopic (exact) mass is 290 g/mol. The molecule has 1 aliphatic carbocycles. The highest BCUT2D eigenvalue weighted by Gasteiger charge is 2.40. The van der Waals surface area contributed by atoms with E-state index in [0.717, 1.165) is 23.3 Å². The Bertz CT molecular complexity index is 633. The van der Waals surface area contributed by atoms with Gasteiger partial charge in [-0.25, -0.2) is 0 Å². The maximum atomic E-state index is 6.31. The van der Waals surface area contributed by atoms with E-state index in [0.29, 0.717) is 16.8 Å². The highest BCUT2D eigenvalue weighted by atomic mass is 35.5. The van der Waals surface area contributed by atoms with E-state index in [1.165, 1.54) is 12.8 Å². The summed E-state index contributed by atoms with van der Waals surface area (Å²) in [6.45, 7) is 4.56. The molecule has 1 fully saturated rings. The number of anilines is 1. The quantitative estimate of drug-likeness (QED) is 0.858. The van der Waals surface area contributed by atoms with Crippen LogP contribution in [0.3, 0.4) is 0 Å². The number of rotatable bonds is 2. The van der Waals surface area contributed by atoms with Crippen LogP contribution < -0.4 is 5.73 Å². The lowest BCUT2D eigenvalue weighted by atomic mass is 9.79. The van der Waals surface area contributed by atoms with Crippen molar-refractivity contribution in [3.05, 3.63) is 35.0 Å². The van der Waals surface area contributed by atoms with E-state index >= 15 is 0 Å². The van der Waals surface area contributed by atoms with Crippen LogP contribution in [0.25, 0.3) is 11.1 Å². The van der Waals surface area contributed by atoms with Crippen LogP contribution in [0.2, 0.25) is 5.02 Å². The standard InChI is InChI=1S/C16H19ClN2O/c1-16(2)9-5-7-11(16)14-13(15(18)19-20-14)10-6-3-4-8-12(10)17/h3-4,6,8,11H,5,7,9H2,1-2H3,(H2,18,19). The zero-order valence-electron chi connectivity index (χ0n) is 11.8. The maximum Gasteiger partial charge on any atom is 0.175 e. The minimum Gasteiger partial charge on any atom is -0.380 e. The van der Waals surface area contributed by atoms with Crippen LogP contribution in [0.5, 0.6) is 0 Å². The second-order valence-electron chi connectivity index (χ2n) is 6.22. The van der Waals surface area contributed by atoms with Gasteiger partial charge in [0.15, 0.2) is 5.82 Å². The minimum absolute atomic E-state index is 0.210. The van der Waals surface area contributed by atoms with E-state index < -0.39 is 0 Å². The summed E-state index contributed by atoms with van der Waals surface area (Å²) in [5.74, 6) is 1.66. The molecule has 1 heterocycles. The molecule has 4 heteroatoms. The summed E-state index contributed by atoms with van der Waals surface area (Å²) < 4.78 is 5.59. The first-order valence-corrected chi connectivity index (χ1v) is 7.38. The number of nitrogens with two attached hydrogens (primary N) is 1. The molecule has 0 bridgehead atoms. The Labute approximate surface area is 124 Å². The molecule has 20 heavy (non-hydrogen) atoms. The summed E-state index contributed by atoms with van der Waals surface area (Å²) in [6.07, 6.45) is 3.51. The number of nitrogen functional groups attached to an aromatic ring is 1. The smallest absolute Gasteiger partial charge is 0.175 e. The first-order valence-electron chi connectivity index (χ1n) is 7.00. The van der Waals surface area contributed by atoms with Crippen LogP contribution >= 0.6 is 11.6 Å². The van der Waals surface area contributed by atoms with Gasteiger partial charge in [-0.1, -0.05) is 55.2 Å². The van der Waals surface area contributed by atoms with Gasteiger partial charge in [-0.2, -0.15) is 0 Å². The Balaban J connectivity index is 2.14. The number of benzene rings is 1. The highest BCUT2D eigenvalue weighted by Crippen LogP contribution is 2.52. The topological polar surface area (TPSA) is 52.0 Å². The van der Waals surface area contributed by atoms with E-state index in [-0.39, 0.29) is 5.41 Å². The van der Waals surface area contributed by atoms with Crippen LogP contribution in [0.4, 0.5) is 5.82 Å². The van der Waals surface area contributed by atoms with Crippen molar-refractivity contribution in [3.63, 3.8) is 0 Å². The third kappa shape index (κ3) is 2.10. The minimum atomic E-state index is 0.210. The van der Waals surface area contributed by atoms with E-state index in [4.69, 9.17) is 21.9 Å². The molecule has 1 unspecified atom stereocenters. The molecule has 0 amide bonds. The molecule has 2 N–H and O–H groups in total. The summed E-state index contributed by atoms with van der Waals surface area (Å²) in [6, 6.07) is 7.70. The van der Waals surface area contributed by atoms with Crippen LogP contribution in [0.1, 0.15) is 44.8 Å². The van der Waals surface area contributed by atoms with E-state index in [9.17, 15) is 0 Å². The molecule has 3 nitrogen and oxygen atoms in total. The zero-order chi connectivity index (χ0) is 14.3. The van der Waals surface area contributed by atoms with Gasteiger partial charge in [0, 0.05) is 16.5 Å². The molecule has 0 aliphatic heterocycles. The number of aromatic nitrogens is 1. The summed E-state index contributed by atoms with van der Waals surface area (Å²) >= 11 is 6.31. The van der Waals surface area contributed by atoms with Gasteiger partial charge in [-0.3, -0.25) is 0 Å². The number of hydrogen-bond donors (Lipinski definition) is 1. The second kappa shape index (κ2) is 4.81. The maximum absolute atomic E-state index is 6.31. The van der Waals surface area contributed by atoms with Crippen molar-refractivity contribution >= 4 is 17.4 Å². The lowest BCUT2D eigenvalue weighted by Gasteiger charge is -2.25. The largest absolute Gasteiger partial charge is 0.380 e.